The number of para-hydroxylation sites is 1. The van der Waals surface area contributed by atoms with Crippen molar-refractivity contribution in [2.24, 2.45) is 0 Å². The second kappa shape index (κ2) is 9.76. The Labute approximate surface area is 196 Å². The molecule has 4 aromatic rings. The van der Waals surface area contributed by atoms with E-state index in [0.717, 1.165) is 10.9 Å². The molecule has 0 saturated carbocycles. The van der Waals surface area contributed by atoms with Crippen molar-refractivity contribution in [3.8, 4) is 17.2 Å². The molecular weight excluding hydrogens is 460 g/mol. The number of benzene rings is 2. The quantitative estimate of drug-likeness (QED) is 0.339. The number of rotatable bonds is 9. The molecular formula is C24H24N2O5S2. The van der Waals surface area contributed by atoms with E-state index in [2.05, 4.69) is 10.3 Å². The lowest BCUT2D eigenvalue weighted by molar-refractivity contribution is -0.116. The third kappa shape index (κ3) is 5.43. The van der Waals surface area contributed by atoms with Crippen LogP contribution in [-0.4, -0.2) is 31.7 Å². The number of anilines is 1. The maximum absolute atomic E-state index is 12.4. The predicted molar refractivity (Wildman–Crippen MR) is 130 cm³/mol. The molecule has 1 amide bonds. The number of nitrogens with one attached hydrogen (secondary N) is 1. The van der Waals surface area contributed by atoms with Crippen molar-refractivity contribution >= 4 is 43.2 Å². The van der Waals surface area contributed by atoms with Crippen molar-refractivity contribution in [3.05, 3.63) is 59.5 Å². The Hall–Kier alpha value is -3.17. The summed E-state index contributed by atoms with van der Waals surface area (Å²) in [7, 11) is -3.41. The van der Waals surface area contributed by atoms with Gasteiger partial charge in [0.15, 0.2) is 32.1 Å². The van der Waals surface area contributed by atoms with E-state index >= 15 is 0 Å². The number of carbonyl (C=O) groups excluding carboxylic acids is 1. The van der Waals surface area contributed by atoms with E-state index < -0.39 is 9.84 Å². The van der Waals surface area contributed by atoms with Gasteiger partial charge < -0.3 is 14.5 Å². The summed E-state index contributed by atoms with van der Waals surface area (Å²) in [4.78, 5) is 17.0. The molecule has 2 aromatic heterocycles. The maximum Gasteiger partial charge on any atom is 0.226 e. The Kier molecular flexibility index (Phi) is 6.80. The topological polar surface area (TPSA) is 98.5 Å². The van der Waals surface area contributed by atoms with E-state index in [1.54, 1.807) is 29.6 Å². The fourth-order valence-electron chi connectivity index (χ4n) is 3.34. The summed E-state index contributed by atoms with van der Waals surface area (Å²) >= 11 is 1.28. The van der Waals surface area contributed by atoms with Crippen molar-refractivity contribution in [2.45, 2.75) is 31.6 Å². The third-order valence-corrected chi connectivity index (χ3v) is 7.58. The van der Waals surface area contributed by atoms with Gasteiger partial charge in [0.1, 0.15) is 5.69 Å². The normalized spacial score (nSPS) is 11.6. The van der Waals surface area contributed by atoms with Crippen molar-refractivity contribution in [1.82, 2.24) is 4.98 Å². The minimum Gasteiger partial charge on any atom is -0.490 e. The number of furan rings is 1. The minimum atomic E-state index is -3.41. The Balaban J connectivity index is 1.36. The Morgan fingerprint density at radius 3 is 2.73 bits per heavy atom. The number of aryl methyl sites for hydroxylation is 1. The standard InChI is InChI=1S/C24H24N2O5S2/c1-3-30-20-7-4-6-17-14-21(31-23(17)20)19-15-32-24(25-19)26-22(27)8-5-13-33(28,29)18-11-9-16(2)10-12-18/h4,6-7,9-12,14-15H,3,5,8,13H2,1-2H3,(H,25,26,27). The number of fused-ring (bicyclic) bond motifs is 1. The highest BCUT2D eigenvalue weighted by molar-refractivity contribution is 7.91. The van der Waals surface area contributed by atoms with Gasteiger partial charge >= 0.3 is 0 Å². The van der Waals surface area contributed by atoms with Gasteiger partial charge in [-0.3, -0.25) is 4.79 Å². The number of thiazole rings is 1. The van der Waals surface area contributed by atoms with Gasteiger partial charge in [-0.25, -0.2) is 13.4 Å². The van der Waals surface area contributed by atoms with Crippen LogP contribution in [0.1, 0.15) is 25.3 Å². The van der Waals surface area contributed by atoms with Gasteiger partial charge in [0, 0.05) is 17.2 Å². The van der Waals surface area contributed by atoms with Crippen LogP contribution < -0.4 is 10.1 Å². The van der Waals surface area contributed by atoms with Crippen LogP contribution in [0, 0.1) is 6.92 Å². The van der Waals surface area contributed by atoms with Gasteiger partial charge in [-0.15, -0.1) is 11.3 Å². The largest absolute Gasteiger partial charge is 0.490 e. The van der Waals surface area contributed by atoms with E-state index in [1.165, 1.54) is 11.3 Å². The zero-order chi connectivity index (χ0) is 23.4. The van der Waals surface area contributed by atoms with E-state index in [4.69, 9.17) is 9.15 Å². The number of sulfone groups is 1. The molecule has 1 N–H and O–H groups in total. The van der Waals surface area contributed by atoms with Gasteiger partial charge in [0.25, 0.3) is 0 Å². The summed E-state index contributed by atoms with van der Waals surface area (Å²) in [5.74, 6) is 0.884. The van der Waals surface area contributed by atoms with Crippen LogP contribution in [0.4, 0.5) is 5.13 Å². The highest BCUT2D eigenvalue weighted by Gasteiger charge is 2.17. The molecule has 0 spiro atoms. The molecule has 4 rings (SSSR count). The number of nitrogens with zero attached hydrogens (tertiary/aromatic N) is 1. The van der Waals surface area contributed by atoms with Crippen LogP contribution >= 0.6 is 11.3 Å². The first kappa shape index (κ1) is 23.0. The van der Waals surface area contributed by atoms with Gasteiger partial charge in [0.05, 0.1) is 17.3 Å². The molecule has 0 bridgehead atoms. The second-order valence-corrected chi connectivity index (χ2v) is 10.5. The summed E-state index contributed by atoms with van der Waals surface area (Å²) in [5, 5.41) is 5.88. The van der Waals surface area contributed by atoms with Gasteiger partial charge in [0.2, 0.25) is 5.91 Å². The van der Waals surface area contributed by atoms with E-state index in [9.17, 15) is 13.2 Å². The average molecular weight is 485 g/mol. The summed E-state index contributed by atoms with van der Waals surface area (Å²) < 4.78 is 36.4. The molecule has 0 saturated heterocycles. The molecule has 0 radical (unpaired) electrons. The zero-order valence-electron chi connectivity index (χ0n) is 18.3. The van der Waals surface area contributed by atoms with Gasteiger partial charge in [-0.2, -0.15) is 0 Å². The van der Waals surface area contributed by atoms with Crippen molar-refractivity contribution in [3.63, 3.8) is 0 Å². The molecule has 2 aromatic carbocycles. The Morgan fingerprint density at radius 1 is 1.18 bits per heavy atom. The van der Waals surface area contributed by atoms with Gasteiger partial charge in [-0.05, 0) is 44.5 Å². The smallest absolute Gasteiger partial charge is 0.226 e. The van der Waals surface area contributed by atoms with E-state index in [0.29, 0.717) is 34.5 Å². The number of ether oxygens (including phenoxy) is 1. The molecule has 0 aliphatic heterocycles. The van der Waals surface area contributed by atoms with Crippen molar-refractivity contribution in [2.75, 3.05) is 17.7 Å². The lowest BCUT2D eigenvalue weighted by atomic mass is 10.2. The fraction of sp³-hybridized carbons (Fsp3) is 0.250. The van der Waals surface area contributed by atoms with Crippen LogP contribution in [0.25, 0.3) is 22.4 Å². The first-order chi connectivity index (χ1) is 15.9. The maximum atomic E-state index is 12.4. The van der Waals surface area contributed by atoms with Gasteiger partial charge in [-0.1, -0.05) is 29.8 Å². The lowest BCUT2D eigenvalue weighted by Gasteiger charge is -2.05. The molecule has 0 aliphatic carbocycles. The molecule has 9 heteroatoms. The highest BCUT2D eigenvalue weighted by atomic mass is 32.2. The molecule has 33 heavy (non-hydrogen) atoms. The number of hydrogen-bond donors (Lipinski definition) is 1. The fourth-order valence-corrected chi connectivity index (χ4v) is 5.37. The first-order valence-electron chi connectivity index (χ1n) is 10.6. The van der Waals surface area contributed by atoms with E-state index in [1.807, 2.05) is 38.1 Å². The first-order valence-corrected chi connectivity index (χ1v) is 13.1. The summed E-state index contributed by atoms with van der Waals surface area (Å²) in [6.07, 6.45) is 0.312. The Bertz CT molecular complexity index is 1370. The molecule has 2 heterocycles. The second-order valence-electron chi connectivity index (χ2n) is 7.54. The number of amides is 1. The van der Waals surface area contributed by atoms with Crippen molar-refractivity contribution in [1.29, 1.82) is 0 Å². The predicted octanol–water partition coefficient (Wildman–Crippen LogP) is 5.46. The number of aromatic nitrogens is 1. The molecule has 7 nitrogen and oxygen atoms in total. The van der Waals surface area contributed by atoms with Crippen LogP contribution in [0.3, 0.4) is 0 Å². The zero-order valence-corrected chi connectivity index (χ0v) is 20.0. The average Bonchev–Trinajstić information content (AvgIpc) is 3.41. The number of hydrogen-bond acceptors (Lipinski definition) is 7. The molecule has 172 valence electrons. The summed E-state index contributed by atoms with van der Waals surface area (Å²) in [6.45, 7) is 4.35. The highest BCUT2D eigenvalue weighted by Crippen LogP contribution is 2.34. The van der Waals surface area contributed by atoms with Crippen molar-refractivity contribution < 1.29 is 22.4 Å². The van der Waals surface area contributed by atoms with E-state index in [-0.39, 0.29) is 29.4 Å². The third-order valence-electron chi connectivity index (χ3n) is 5.01. The lowest BCUT2D eigenvalue weighted by Crippen LogP contribution is -2.14. The molecule has 0 atom stereocenters. The minimum absolute atomic E-state index is 0.0857. The van der Waals surface area contributed by atoms with Crippen LogP contribution in [0.15, 0.2) is 63.2 Å². The number of carbonyl (C=O) groups is 1. The summed E-state index contributed by atoms with van der Waals surface area (Å²) in [5.41, 5.74) is 2.26. The SMILES string of the molecule is CCOc1cccc2cc(-c3csc(NC(=O)CCCS(=O)(=O)c4ccc(C)cc4)n3)oc12. The molecule has 0 unspecified atom stereocenters. The molecule has 0 fully saturated rings. The summed E-state index contributed by atoms with van der Waals surface area (Å²) in [6, 6.07) is 14.3. The van der Waals surface area contributed by atoms with Crippen LogP contribution in [0.2, 0.25) is 0 Å². The Morgan fingerprint density at radius 2 is 1.97 bits per heavy atom. The van der Waals surface area contributed by atoms with Crippen LogP contribution in [-0.2, 0) is 14.6 Å². The molecule has 0 aliphatic rings. The monoisotopic (exact) mass is 484 g/mol. The van der Waals surface area contributed by atoms with Crippen LogP contribution in [0.5, 0.6) is 5.75 Å².